The minimum atomic E-state index is 0.0309. The predicted octanol–water partition coefficient (Wildman–Crippen LogP) is 3.45. The van der Waals surface area contributed by atoms with Crippen LogP contribution in [-0.2, 0) is 12.8 Å². The smallest absolute Gasteiger partial charge is 0.255 e. The maximum atomic E-state index is 13.4. The number of aromatic nitrogens is 3. The van der Waals surface area contributed by atoms with Crippen molar-refractivity contribution in [3.8, 4) is 11.1 Å². The van der Waals surface area contributed by atoms with E-state index in [9.17, 15) is 4.79 Å². The SMILES string of the molecule is O=C(c1cncc(-c2ccccc2)c1)N1CCc2cnc(N3CCN(C4CCC4)CC3)nc2CC1. The van der Waals surface area contributed by atoms with Crippen molar-refractivity contribution in [3.05, 3.63) is 71.8 Å². The highest BCUT2D eigenvalue weighted by Gasteiger charge is 2.29. The minimum absolute atomic E-state index is 0.0309. The van der Waals surface area contributed by atoms with E-state index in [0.29, 0.717) is 18.7 Å². The van der Waals surface area contributed by atoms with Gasteiger partial charge in [0.15, 0.2) is 0 Å². The summed E-state index contributed by atoms with van der Waals surface area (Å²) in [7, 11) is 0. The van der Waals surface area contributed by atoms with Gasteiger partial charge < -0.3 is 9.80 Å². The second-order valence-corrected chi connectivity index (χ2v) is 9.87. The lowest BCUT2D eigenvalue weighted by Crippen LogP contribution is -2.52. The summed E-state index contributed by atoms with van der Waals surface area (Å²) in [4.78, 5) is 34.3. The Morgan fingerprint density at radius 2 is 1.66 bits per heavy atom. The zero-order valence-electron chi connectivity index (χ0n) is 20.1. The van der Waals surface area contributed by atoms with Crippen LogP contribution >= 0.6 is 0 Å². The van der Waals surface area contributed by atoms with Gasteiger partial charge in [0, 0.05) is 75.9 Å². The van der Waals surface area contributed by atoms with Crippen LogP contribution in [0.1, 0.15) is 40.9 Å². The molecule has 0 bridgehead atoms. The largest absolute Gasteiger partial charge is 0.338 e. The molecule has 2 aliphatic heterocycles. The highest BCUT2D eigenvalue weighted by Crippen LogP contribution is 2.27. The molecule has 4 heterocycles. The Hall–Kier alpha value is -3.32. The number of amides is 1. The quantitative estimate of drug-likeness (QED) is 0.584. The summed E-state index contributed by atoms with van der Waals surface area (Å²) in [6.07, 6.45) is 11.1. The molecule has 6 rings (SSSR count). The lowest BCUT2D eigenvalue weighted by Gasteiger charge is -2.43. The number of benzene rings is 1. The molecule has 35 heavy (non-hydrogen) atoms. The van der Waals surface area contributed by atoms with Crippen LogP contribution in [0.3, 0.4) is 0 Å². The van der Waals surface area contributed by atoms with Gasteiger partial charge in [0.05, 0.1) is 11.3 Å². The molecule has 0 unspecified atom stereocenters. The molecule has 0 atom stereocenters. The molecule has 1 saturated carbocycles. The van der Waals surface area contributed by atoms with Gasteiger partial charge in [-0.15, -0.1) is 0 Å². The standard InChI is InChI=1S/C28H32N6O/c35-27(24-17-23(18-29-19-24)21-5-2-1-3-6-21)33-11-9-22-20-30-28(31-26(22)10-12-33)34-15-13-32(14-16-34)25-7-4-8-25/h1-3,5-6,17-20,25H,4,7-16H2. The summed E-state index contributed by atoms with van der Waals surface area (Å²) >= 11 is 0. The van der Waals surface area contributed by atoms with Crippen LogP contribution in [0, 0.1) is 0 Å². The molecule has 180 valence electrons. The Kier molecular flexibility index (Phi) is 6.17. The lowest BCUT2D eigenvalue weighted by atomic mass is 9.91. The van der Waals surface area contributed by atoms with Crippen LogP contribution in [0.5, 0.6) is 0 Å². The van der Waals surface area contributed by atoms with Gasteiger partial charge in [0.25, 0.3) is 5.91 Å². The molecule has 1 saturated heterocycles. The maximum absolute atomic E-state index is 13.4. The molecule has 1 aromatic carbocycles. The minimum Gasteiger partial charge on any atom is -0.338 e. The number of hydrogen-bond acceptors (Lipinski definition) is 6. The molecule has 0 spiro atoms. The third-order valence-corrected chi connectivity index (χ3v) is 7.78. The van der Waals surface area contributed by atoms with Crippen molar-refractivity contribution < 1.29 is 4.79 Å². The van der Waals surface area contributed by atoms with Gasteiger partial charge in [-0.3, -0.25) is 14.7 Å². The number of fused-ring (bicyclic) bond motifs is 1. The molecule has 7 nitrogen and oxygen atoms in total. The zero-order chi connectivity index (χ0) is 23.6. The third kappa shape index (κ3) is 4.65. The normalized spacial score (nSPS) is 19.1. The van der Waals surface area contributed by atoms with Gasteiger partial charge in [-0.25, -0.2) is 9.97 Å². The number of carbonyl (C=O) groups excluding carboxylic acids is 1. The van der Waals surface area contributed by atoms with Crippen LogP contribution in [0.2, 0.25) is 0 Å². The summed E-state index contributed by atoms with van der Waals surface area (Å²) in [5, 5.41) is 0. The van der Waals surface area contributed by atoms with E-state index in [0.717, 1.165) is 73.4 Å². The molecule has 2 fully saturated rings. The Balaban J connectivity index is 1.12. The van der Waals surface area contributed by atoms with Crippen molar-refractivity contribution in [3.63, 3.8) is 0 Å². The van der Waals surface area contributed by atoms with E-state index in [1.165, 1.54) is 19.3 Å². The van der Waals surface area contributed by atoms with Crippen molar-refractivity contribution in [2.45, 2.75) is 38.1 Å². The monoisotopic (exact) mass is 468 g/mol. The van der Waals surface area contributed by atoms with Gasteiger partial charge in [0.2, 0.25) is 5.95 Å². The molecule has 2 aromatic heterocycles. The predicted molar refractivity (Wildman–Crippen MR) is 136 cm³/mol. The average Bonchev–Trinajstić information content (AvgIpc) is 3.11. The summed E-state index contributed by atoms with van der Waals surface area (Å²) in [5.74, 6) is 0.875. The van der Waals surface area contributed by atoms with Crippen molar-refractivity contribution in [1.29, 1.82) is 0 Å². The van der Waals surface area contributed by atoms with Gasteiger partial charge in [-0.2, -0.15) is 0 Å². The highest BCUT2D eigenvalue weighted by atomic mass is 16.2. The summed E-state index contributed by atoms with van der Waals surface area (Å²) in [6.45, 7) is 5.51. The molecule has 0 radical (unpaired) electrons. The van der Waals surface area contributed by atoms with Gasteiger partial charge >= 0.3 is 0 Å². The number of hydrogen-bond donors (Lipinski definition) is 0. The van der Waals surface area contributed by atoms with E-state index >= 15 is 0 Å². The third-order valence-electron chi connectivity index (χ3n) is 7.78. The Morgan fingerprint density at radius 3 is 2.43 bits per heavy atom. The van der Waals surface area contributed by atoms with Gasteiger partial charge in [0.1, 0.15) is 0 Å². The molecule has 7 heteroatoms. The summed E-state index contributed by atoms with van der Waals surface area (Å²) in [5.41, 5.74) is 4.90. The van der Waals surface area contributed by atoms with Crippen LogP contribution in [0.4, 0.5) is 5.95 Å². The molecular formula is C28H32N6O. The summed E-state index contributed by atoms with van der Waals surface area (Å²) < 4.78 is 0. The first-order chi connectivity index (χ1) is 17.2. The number of rotatable bonds is 4. The Labute approximate surface area is 206 Å². The number of pyridine rings is 1. The van der Waals surface area contributed by atoms with E-state index < -0.39 is 0 Å². The van der Waals surface area contributed by atoms with Crippen molar-refractivity contribution in [2.75, 3.05) is 44.2 Å². The first kappa shape index (κ1) is 22.2. The summed E-state index contributed by atoms with van der Waals surface area (Å²) in [6, 6.07) is 12.8. The fraction of sp³-hybridized carbons (Fsp3) is 0.429. The fourth-order valence-corrected chi connectivity index (χ4v) is 5.39. The van der Waals surface area contributed by atoms with Crippen LogP contribution in [0.15, 0.2) is 55.0 Å². The average molecular weight is 469 g/mol. The number of anilines is 1. The highest BCUT2D eigenvalue weighted by molar-refractivity contribution is 5.95. The van der Waals surface area contributed by atoms with Gasteiger partial charge in [-0.1, -0.05) is 36.8 Å². The maximum Gasteiger partial charge on any atom is 0.255 e. The molecule has 3 aliphatic rings. The topological polar surface area (TPSA) is 65.5 Å². The molecule has 0 N–H and O–H groups in total. The Bertz CT molecular complexity index is 1190. The van der Waals surface area contributed by atoms with Crippen molar-refractivity contribution >= 4 is 11.9 Å². The fourth-order valence-electron chi connectivity index (χ4n) is 5.39. The lowest BCUT2D eigenvalue weighted by molar-refractivity contribution is 0.0762. The van der Waals surface area contributed by atoms with Crippen molar-refractivity contribution in [2.24, 2.45) is 0 Å². The van der Waals surface area contributed by atoms with Crippen LogP contribution < -0.4 is 4.90 Å². The van der Waals surface area contributed by atoms with E-state index in [4.69, 9.17) is 9.97 Å². The van der Waals surface area contributed by atoms with Crippen LogP contribution in [0.25, 0.3) is 11.1 Å². The van der Waals surface area contributed by atoms with Crippen molar-refractivity contribution in [1.82, 2.24) is 24.8 Å². The van der Waals surface area contributed by atoms with E-state index in [-0.39, 0.29) is 5.91 Å². The zero-order valence-corrected chi connectivity index (χ0v) is 20.1. The van der Waals surface area contributed by atoms with Crippen LogP contribution in [-0.4, -0.2) is 76.0 Å². The first-order valence-corrected chi connectivity index (χ1v) is 12.9. The molecule has 1 aliphatic carbocycles. The molecular weight excluding hydrogens is 436 g/mol. The number of nitrogens with zero attached hydrogens (tertiary/aromatic N) is 6. The molecule has 1 amide bonds. The van der Waals surface area contributed by atoms with Gasteiger partial charge in [-0.05, 0) is 36.5 Å². The first-order valence-electron chi connectivity index (χ1n) is 12.9. The number of piperazine rings is 1. The molecule has 3 aromatic rings. The Morgan fingerprint density at radius 1 is 0.857 bits per heavy atom. The second-order valence-electron chi connectivity index (χ2n) is 9.87. The second kappa shape index (κ2) is 9.74. The number of carbonyl (C=O) groups is 1. The van der Waals surface area contributed by atoms with E-state index in [1.807, 2.05) is 53.7 Å². The van der Waals surface area contributed by atoms with E-state index in [2.05, 4.69) is 14.8 Å². The van der Waals surface area contributed by atoms with E-state index in [1.54, 1.807) is 6.20 Å².